The van der Waals surface area contributed by atoms with Gasteiger partial charge in [0.1, 0.15) is 5.70 Å². The Morgan fingerprint density at radius 1 is 1.00 bits per heavy atom. The second kappa shape index (κ2) is 26.1. The Kier molecular flexibility index (Phi) is 26.7. The molecule has 0 aromatic rings. The maximum atomic E-state index is 11.6. The van der Waals surface area contributed by atoms with Crippen LogP contribution in [0.4, 0.5) is 4.79 Å². The molecule has 10 heteroatoms. The van der Waals surface area contributed by atoms with Crippen molar-refractivity contribution in [1.82, 2.24) is 25.3 Å². The summed E-state index contributed by atoms with van der Waals surface area (Å²) in [5.74, 6) is -0.891. The summed E-state index contributed by atoms with van der Waals surface area (Å²) in [7, 11) is 3.46. The number of nitrogens with zero attached hydrogens (tertiary/aromatic N) is 3. The van der Waals surface area contributed by atoms with E-state index in [0.717, 1.165) is 12.7 Å². The van der Waals surface area contributed by atoms with Crippen LogP contribution in [0.25, 0.3) is 0 Å². The van der Waals surface area contributed by atoms with E-state index in [1.807, 2.05) is 34.6 Å². The monoisotopic (exact) mass is 551 g/mol. The number of piperazine rings is 1. The highest BCUT2D eigenvalue weighted by Gasteiger charge is 2.30. The molecule has 2 rings (SSSR count). The van der Waals surface area contributed by atoms with Crippen LogP contribution in [0.15, 0.2) is 47.7 Å². The summed E-state index contributed by atoms with van der Waals surface area (Å²) in [4.78, 5) is 49.7. The lowest BCUT2D eigenvalue weighted by molar-refractivity contribution is -0.133. The van der Waals surface area contributed by atoms with Crippen LogP contribution in [0.1, 0.15) is 68.2 Å². The molecule has 0 aromatic carbocycles. The number of aliphatic hydroxyl groups is 1. The van der Waals surface area contributed by atoms with Crippen molar-refractivity contribution in [2.75, 3.05) is 46.8 Å². The summed E-state index contributed by atoms with van der Waals surface area (Å²) in [5, 5.41) is 14.5. The van der Waals surface area contributed by atoms with Crippen LogP contribution in [0.3, 0.4) is 0 Å². The Bertz CT molecular complexity index is 824. The third-order valence-corrected chi connectivity index (χ3v) is 4.62. The van der Waals surface area contributed by atoms with Crippen LogP contribution in [0, 0.1) is 0 Å². The molecule has 1 aliphatic heterocycles. The van der Waals surface area contributed by atoms with Gasteiger partial charge < -0.3 is 30.4 Å². The van der Waals surface area contributed by atoms with E-state index >= 15 is 0 Å². The lowest BCUT2D eigenvalue weighted by Crippen LogP contribution is -2.50. The van der Waals surface area contributed by atoms with Crippen molar-refractivity contribution in [2.45, 2.75) is 68.2 Å². The molecule has 3 N–H and O–H groups in total. The third-order valence-electron chi connectivity index (χ3n) is 4.62. The number of ketones is 2. The SMILES string of the molecule is CC.CC.CCC.CCNC1=C(N/C=C/C=C\C(C)=C\O)C(=O)C(=O)C1.CN(C)C(=O)N1CCN(C=O)CC1. The van der Waals surface area contributed by atoms with Crippen molar-refractivity contribution in [1.29, 1.82) is 0 Å². The predicted octanol–water partition coefficient (Wildman–Crippen LogP) is 4.38. The maximum Gasteiger partial charge on any atom is 0.319 e. The van der Waals surface area contributed by atoms with Crippen molar-refractivity contribution in [3.8, 4) is 0 Å². The van der Waals surface area contributed by atoms with Gasteiger partial charge in [0.15, 0.2) is 0 Å². The van der Waals surface area contributed by atoms with Gasteiger partial charge in [0.05, 0.1) is 12.7 Å². The first-order chi connectivity index (χ1) is 18.7. The fraction of sp³-hybridized carbons (Fsp3) is 0.586. The molecule has 0 unspecified atom stereocenters. The summed E-state index contributed by atoms with van der Waals surface area (Å²) in [5.41, 5.74) is 1.66. The average Bonchev–Trinajstić information content (AvgIpc) is 3.22. The quantitative estimate of drug-likeness (QED) is 0.186. The van der Waals surface area contributed by atoms with Crippen molar-refractivity contribution in [3.05, 3.63) is 47.7 Å². The Morgan fingerprint density at radius 3 is 1.97 bits per heavy atom. The number of carbonyl (C=O) groups excluding carboxylic acids is 4. The second-order valence-electron chi connectivity index (χ2n) is 8.06. The van der Waals surface area contributed by atoms with Gasteiger partial charge in [0, 0.05) is 58.7 Å². The molecule has 1 aliphatic carbocycles. The lowest BCUT2D eigenvalue weighted by Gasteiger charge is -2.33. The smallest absolute Gasteiger partial charge is 0.319 e. The van der Waals surface area contributed by atoms with E-state index in [1.165, 1.54) is 6.42 Å². The van der Waals surface area contributed by atoms with E-state index in [1.54, 1.807) is 60.1 Å². The molecular formula is C29H53N5O5. The third kappa shape index (κ3) is 17.6. The average molecular weight is 552 g/mol. The number of carbonyl (C=O) groups is 4. The summed E-state index contributed by atoms with van der Waals surface area (Å²) < 4.78 is 0. The van der Waals surface area contributed by atoms with Crippen LogP contribution < -0.4 is 10.6 Å². The zero-order valence-electron chi connectivity index (χ0n) is 25.8. The van der Waals surface area contributed by atoms with Crippen molar-refractivity contribution >= 4 is 24.0 Å². The number of urea groups is 1. The standard InChI is InChI=1S/C14H18N2O3.C8H15N3O2.C3H8.2C2H6/c1-3-15-11-8-12(18)14(19)13(11)16-7-5-4-6-10(2)9-17;1-9(2)8(13)11-5-3-10(7-12)4-6-11;1-3-2;2*1-2/h4-7,9,15-17H,3,8H2,1-2H3;7H,3-6H2,1-2H3;3H2,1-2H3;2*1-2H3/b6-4-,7-5+,10-9+;;;;. The molecule has 1 fully saturated rings. The number of rotatable bonds is 7. The molecule has 39 heavy (non-hydrogen) atoms. The fourth-order valence-electron chi connectivity index (χ4n) is 2.86. The Labute approximate surface area is 236 Å². The molecule has 0 saturated carbocycles. The van der Waals surface area contributed by atoms with E-state index in [2.05, 4.69) is 24.5 Å². The molecular weight excluding hydrogens is 498 g/mol. The van der Waals surface area contributed by atoms with E-state index in [-0.39, 0.29) is 12.5 Å². The first-order valence-corrected chi connectivity index (χ1v) is 13.8. The molecule has 1 heterocycles. The van der Waals surface area contributed by atoms with Gasteiger partial charge in [-0.3, -0.25) is 14.4 Å². The number of nitrogens with one attached hydrogen (secondary N) is 2. The number of amides is 3. The molecule has 2 aliphatic rings. The minimum atomic E-state index is -0.490. The summed E-state index contributed by atoms with van der Waals surface area (Å²) >= 11 is 0. The maximum absolute atomic E-state index is 11.6. The number of hydrogen-bond donors (Lipinski definition) is 3. The van der Waals surface area contributed by atoms with Gasteiger partial charge in [-0.2, -0.15) is 0 Å². The fourth-order valence-corrected chi connectivity index (χ4v) is 2.86. The number of Topliss-reactive ketones (excluding diaryl/α,β-unsaturated/α-hetero) is 2. The largest absolute Gasteiger partial charge is 0.515 e. The first-order valence-electron chi connectivity index (χ1n) is 13.8. The van der Waals surface area contributed by atoms with Crippen LogP contribution in [0.5, 0.6) is 0 Å². The highest BCUT2D eigenvalue weighted by atomic mass is 16.2. The number of hydrogen-bond acceptors (Lipinski definition) is 7. The van der Waals surface area contributed by atoms with Gasteiger partial charge >= 0.3 is 6.03 Å². The molecule has 0 radical (unpaired) electrons. The van der Waals surface area contributed by atoms with Gasteiger partial charge in [0.25, 0.3) is 0 Å². The van der Waals surface area contributed by atoms with Gasteiger partial charge in [-0.05, 0) is 25.5 Å². The van der Waals surface area contributed by atoms with Crippen LogP contribution in [-0.2, 0) is 14.4 Å². The molecule has 0 aromatic heterocycles. The molecule has 0 spiro atoms. The summed E-state index contributed by atoms with van der Waals surface area (Å²) in [6.45, 7) is 19.1. The normalized spacial score (nSPS) is 14.8. The van der Waals surface area contributed by atoms with Gasteiger partial charge in [-0.25, -0.2) is 4.79 Å². The zero-order chi connectivity index (χ0) is 30.8. The van der Waals surface area contributed by atoms with E-state index in [9.17, 15) is 19.2 Å². The number of aliphatic hydroxyl groups excluding tert-OH is 1. The Balaban J connectivity index is -0.000000561. The zero-order valence-corrected chi connectivity index (χ0v) is 25.8. The Morgan fingerprint density at radius 2 is 1.54 bits per heavy atom. The second-order valence-corrected chi connectivity index (χ2v) is 8.06. The summed E-state index contributed by atoms with van der Waals surface area (Å²) in [6.07, 6.45) is 9.89. The molecule has 0 bridgehead atoms. The van der Waals surface area contributed by atoms with Crippen molar-refractivity contribution in [3.63, 3.8) is 0 Å². The highest BCUT2D eigenvalue weighted by Crippen LogP contribution is 2.15. The molecule has 1 saturated heterocycles. The van der Waals surface area contributed by atoms with E-state index < -0.39 is 11.6 Å². The van der Waals surface area contributed by atoms with Crippen molar-refractivity contribution < 1.29 is 24.3 Å². The molecule has 224 valence electrons. The molecule has 0 atom stereocenters. The van der Waals surface area contributed by atoms with E-state index in [0.29, 0.717) is 49.7 Å². The first kappa shape index (κ1) is 39.9. The van der Waals surface area contributed by atoms with Gasteiger partial charge in [0.2, 0.25) is 18.0 Å². The minimum absolute atomic E-state index is 0.0190. The highest BCUT2D eigenvalue weighted by molar-refractivity contribution is 6.46. The minimum Gasteiger partial charge on any atom is -0.515 e. The van der Waals surface area contributed by atoms with Gasteiger partial charge in [-0.1, -0.05) is 60.1 Å². The molecule has 10 nitrogen and oxygen atoms in total. The lowest BCUT2D eigenvalue weighted by atomic mass is 10.3. The summed E-state index contributed by atoms with van der Waals surface area (Å²) in [6, 6.07) is 0.0190. The van der Waals surface area contributed by atoms with Crippen LogP contribution in [0.2, 0.25) is 0 Å². The van der Waals surface area contributed by atoms with E-state index in [4.69, 9.17) is 5.11 Å². The predicted molar refractivity (Wildman–Crippen MR) is 160 cm³/mol. The van der Waals surface area contributed by atoms with Crippen LogP contribution in [-0.4, -0.2) is 90.6 Å². The number of allylic oxidation sites excluding steroid dienone is 6. The Hall–Kier alpha value is -3.56. The van der Waals surface area contributed by atoms with Crippen molar-refractivity contribution in [2.24, 2.45) is 0 Å². The van der Waals surface area contributed by atoms with Gasteiger partial charge in [-0.15, -0.1) is 0 Å². The topological polar surface area (TPSA) is 122 Å². The molecule has 3 amide bonds. The van der Waals surface area contributed by atoms with Crippen LogP contribution >= 0.6 is 0 Å².